The van der Waals surface area contributed by atoms with E-state index in [1.54, 1.807) is 6.33 Å². The number of nitrogens with zero attached hydrogens (tertiary/aromatic N) is 2. The molecular formula is C14H25N3O2. The first-order valence-corrected chi connectivity index (χ1v) is 7.11. The lowest BCUT2D eigenvalue weighted by molar-refractivity contribution is 0.108. The molecule has 0 spiro atoms. The first-order chi connectivity index (χ1) is 9.33. The fraction of sp³-hybridized carbons (Fsp3) is 0.714. The molecule has 0 fully saturated rings. The Hall–Kier alpha value is -1.36. The van der Waals surface area contributed by atoms with Crippen molar-refractivity contribution in [2.24, 2.45) is 0 Å². The highest BCUT2D eigenvalue weighted by molar-refractivity contribution is 5.48. The summed E-state index contributed by atoms with van der Waals surface area (Å²) in [4.78, 5) is 8.54. The molecule has 0 bridgehead atoms. The van der Waals surface area contributed by atoms with Crippen LogP contribution >= 0.6 is 0 Å². The number of aromatic nitrogens is 2. The van der Waals surface area contributed by atoms with E-state index in [-0.39, 0.29) is 0 Å². The molecule has 108 valence electrons. The van der Waals surface area contributed by atoms with E-state index < -0.39 is 0 Å². The normalized spacial score (nSPS) is 10.5. The molecule has 0 saturated heterocycles. The van der Waals surface area contributed by atoms with E-state index in [2.05, 4.69) is 29.1 Å². The molecule has 19 heavy (non-hydrogen) atoms. The SMILES string of the molecule is CCCNc1ncnc(OCCOCC)c1CCC. The van der Waals surface area contributed by atoms with Gasteiger partial charge in [0, 0.05) is 13.2 Å². The van der Waals surface area contributed by atoms with E-state index in [0.29, 0.717) is 25.7 Å². The highest BCUT2D eigenvalue weighted by atomic mass is 16.5. The predicted molar refractivity (Wildman–Crippen MR) is 76.8 cm³/mol. The van der Waals surface area contributed by atoms with Crippen LogP contribution in [0.15, 0.2) is 6.33 Å². The van der Waals surface area contributed by atoms with Crippen molar-refractivity contribution in [2.45, 2.75) is 40.0 Å². The Labute approximate surface area is 115 Å². The summed E-state index contributed by atoms with van der Waals surface area (Å²) >= 11 is 0. The van der Waals surface area contributed by atoms with E-state index in [1.165, 1.54) is 0 Å². The topological polar surface area (TPSA) is 56.3 Å². The van der Waals surface area contributed by atoms with Crippen LogP contribution in [0.1, 0.15) is 39.2 Å². The summed E-state index contributed by atoms with van der Waals surface area (Å²) in [7, 11) is 0. The van der Waals surface area contributed by atoms with Crippen molar-refractivity contribution in [1.29, 1.82) is 0 Å². The largest absolute Gasteiger partial charge is 0.475 e. The van der Waals surface area contributed by atoms with Gasteiger partial charge < -0.3 is 14.8 Å². The lowest BCUT2D eigenvalue weighted by Crippen LogP contribution is -2.12. The van der Waals surface area contributed by atoms with Crippen molar-refractivity contribution in [3.8, 4) is 5.88 Å². The summed E-state index contributed by atoms with van der Waals surface area (Å²) in [5.41, 5.74) is 1.06. The lowest BCUT2D eigenvalue weighted by Gasteiger charge is -2.14. The third-order valence-corrected chi connectivity index (χ3v) is 2.62. The molecule has 1 heterocycles. The van der Waals surface area contributed by atoms with Gasteiger partial charge in [-0.25, -0.2) is 9.97 Å². The van der Waals surface area contributed by atoms with E-state index in [0.717, 1.165) is 37.2 Å². The van der Waals surface area contributed by atoms with E-state index in [9.17, 15) is 0 Å². The highest BCUT2D eigenvalue weighted by Crippen LogP contribution is 2.23. The molecular weight excluding hydrogens is 242 g/mol. The van der Waals surface area contributed by atoms with Crippen molar-refractivity contribution in [2.75, 3.05) is 31.7 Å². The zero-order valence-corrected chi connectivity index (χ0v) is 12.2. The van der Waals surface area contributed by atoms with Gasteiger partial charge in [0.05, 0.1) is 12.2 Å². The Morgan fingerprint density at radius 2 is 1.95 bits per heavy atom. The van der Waals surface area contributed by atoms with Gasteiger partial charge >= 0.3 is 0 Å². The van der Waals surface area contributed by atoms with Crippen molar-refractivity contribution in [1.82, 2.24) is 9.97 Å². The van der Waals surface area contributed by atoms with Crippen LogP contribution in [0.25, 0.3) is 0 Å². The zero-order valence-electron chi connectivity index (χ0n) is 12.2. The first kappa shape index (κ1) is 15.7. The van der Waals surface area contributed by atoms with Crippen LogP contribution in [0.5, 0.6) is 5.88 Å². The van der Waals surface area contributed by atoms with Crippen LogP contribution in [-0.2, 0) is 11.2 Å². The minimum absolute atomic E-state index is 0.523. The number of rotatable bonds is 10. The molecule has 1 N–H and O–H groups in total. The predicted octanol–water partition coefficient (Wildman–Crippen LogP) is 2.67. The third-order valence-electron chi connectivity index (χ3n) is 2.62. The summed E-state index contributed by atoms with van der Waals surface area (Å²) < 4.78 is 11.0. The molecule has 1 rings (SSSR count). The highest BCUT2D eigenvalue weighted by Gasteiger charge is 2.11. The second kappa shape index (κ2) is 9.55. The van der Waals surface area contributed by atoms with E-state index in [1.807, 2.05) is 6.92 Å². The van der Waals surface area contributed by atoms with Gasteiger partial charge in [0.25, 0.3) is 0 Å². The molecule has 0 aromatic carbocycles. The third kappa shape index (κ3) is 5.42. The fourth-order valence-electron chi connectivity index (χ4n) is 1.73. The van der Waals surface area contributed by atoms with E-state index >= 15 is 0 Å². The van der Waals surface area contributed by atoms with Gasteiger partial charge in [-0.1, -0.05) is 20.3 Å². The molecule has 5 heteroatoms. The second-order valence-electron chi connectivity index (χ2n) is 4.23. The molecule has 0 saturated carbocycles. The quantitative estimate of drug-likeness (QED) is 0.660. The maximum absolute atomic E-state index is 5.70. The van der Waals surface area contributed by atoms with Gasteiger partial charge in [-0.15, -0.1) is 0 Å². The van der Waals surface area contributed by atoms with Crippen LogP contribution in [-0.4, -0.2) is 36.3 Å². The summed E-state index contributed by atoms with van der Waals surface area (Å²) in [5.74, 6) is 1.57. The summed E-state index contributed by atoms with van der Waals surface area (Å²) in [6, 6.07) is 0. The van der Waals surface area contributed by atoms with Gasteiger partial charge in [-0.3, -0.25) is 0 Å². The summed E-state index contributed by atoms with van der Waals surface area (Å²) in [5, 5.41) is 3.33. The van der Waals surface area contributed by atoms with Crippen molar-refractivity contribution < 1.29 is 9.47 Å². The molecule has 0 unspecified atom stereocenters. The lowest BCUT2D eigenvalue weighted by atomic mass is 10.1. The number of hydrogen-bond donors (Lipinski definition) is 1. The molecule has 1 aromatic rings. The smallest absolute Gasteiger partial charge is 0.221 e. The molecule has 1 aromatic heterocycles. The van der Waals surface area contributed by atoms with Gasteiger partial charge in [0.1, 0.15) is 18.8 Å². The van der Waals surface area contributed by atoms with Gasteiger partial charge in [-0.05, 0) is 19.8 Å². The fourth-order valence-corrected chi connectivity index (χ4v) is 1.73. The van der Waals surface area contributed by atoms with Crippen molar-refractivity contribution in [3.05, 3.63) is 11.9 Å². The zero-order chi connectivity index (χ0) is 13.9. The Morgan fingerprint density at radius 1 is 1.11 bits per heavy atom. The number of hydrogen-bond acceptors (Lipinski definition) is 5. The second-order valence-corrected chi connectivity index (χ2v) is 4.23. The maximum atomic E-state index is 5.70. The minimum atomic E-state index is 0.523. The molecule has 0 aliphatic rings. The monoisotopic (exact) mass is 267 g/mol. The van der Waals surface area contributed by atoms with Crippen LogP contribution in [0, 0.1) is 0 Å². The number of anilines is 1. The van der Waals surface area contributed by atoms with Crippen LogP contribution in [0.3, 0.4) is 0 Å². The van der Waals surface area contributed by atoms with E-state index in [4.69, 9.17) is 9.47 Å². The van der Waals surface area contributed by atoms with Crippen LogP contribution in [0.4, 0.5) is 5.82 Å². The first-order valence-electron chi connectivity index (χ1n) is 7.11. The molecule has 0 aliphatic heterocycles. The van der Waals surface area contributed by atoms with Gasteiger partial charge in [0.2, 0.25) is 5.88 Å². The van der Waals surface area contributed by atoms with Crippen molar-refractivity contribution >= 4 is 5.82 Å². The summed E-state index contributed by atoms with van der Waals surface area (Å²) in [6.07, 6.45) is 4.57. The average molecular weight is 267 g/mol. The summed E-state index contributed by atoms with van der Waals surface area (Å²) in [6.45, 7) is 8.97. The van der Waals surface area contributed by atoms with Crippen LogP contribution in [0.2, 0.25) is 0 Å². The van der Waals surface area contributed by atoms with Crippen LogP contribution < -0.4 is 10.1 Å². The molecule has 0 radical (unpaired) electrons. The molecule has 0 amide bonds. The molecule has 0 aliphatic carbocycles. The maximum Gasteiger partial charge on any atom is 0.221 e. The van der Waals surface area contributed by atoms with Crippen molar-refractivity contribution in [3.63, 3.8) is 0 Å². The van der Waals surface area contributed by atoms with Gasteiger partial charge in [0.15, 0.2) is 0 Å². The Morgan fingerprint density at radius 3 is 2.63 bits per heavy atom. The Balaban J connectivity index is 2.71. The Bertz CT molecular complexity index is 359. The number of ether oxygens (including phenoxy) is 2. The minimum Gasteiger partial charge on any atom is -0.475 e. The molecule has 5 nitrogen and oxygen atoms in total. The molecule has 0 atom stereocenters. The van der Waals surface area contributed by atoms with Gasteiger partial charge in [-0.2, -0.15) is 0 Å². The Kier molecular flexibility index (Phi) is 7.89. The average Bonchev–Trinajstić information content (AvgIpc) is 2.43. The standard InChI is InChI=1S/C14H25N3O2/c1-4-7-12-13(15-8-5-2)16-11-17-14(12)19-10-9-18-6-3/h11H,4-10H2,1-3H3,(H,15,16,17). The number of nitrogens with one attached hydrogen (secondary N) is 1.